The molecule has 1 atom stereocenters. The second kappa shape index (κ2) is 7.26. The van der Waals surface area contributed by atoms with Gasteiger partial charge in [0, 0.05) is 31.5 Å². The summed E-state index contributed by atoms with van der Waals surface area (Å²) in [5.74, 6) is 0.774. The molecule has 124 valence electrons. The zero-order chi connectivity index (χ0) is 16.2. The molecule has 3 heterocycles. The van der Waals surface area contributed by atoms with Gasteiger partial charge >= 0.3 is 0 Å². The second-order valence-corrected chi connectivity index (χ2v) is 6.94. The summed E-state index contributed by atoms with van der Waals surface area (Å²) < 4.78 is 2.04. The highest BCUT2D eigenvalue weighted by atomic mass is 15.3. The Labute approximate surface area is 139 Å². The van der Waals surface area contributed by atoms with Gasteiger partial charge in [-0.2, -0.15) is 5.10 Å². The largest absolute Gasteiger partial charge is 0.301 e. The third-order valence-corrected chi connectivity index (χ3v) is 4.81. The average molecular weight is 312 g/mol. The van der Waals surface area contributed by atoms with Crippen LogP contribution in [-0.4, -0.2) is 38.8 Å². The molecule has 4 nitrogen and oxygen atoms in total. The number of rotatable bonds is 6. The highest BCUT2D eigenvalue weighted by Gasteiger charge is 2.24. The van der Waals surface area contributed by atoms with Crippen LogP contribution in [-0.2, 0) is 13.0 Å². The van der Waals surface area contributed by atoms with Crippen molar-refractivity contribution in [2.45, 2.75) is 52.6 Å². The highest BCUT2D eigenvalue weighted by Crippen LogP contribution is 2.23. The summed E-state index contributed by atoms with van der Waals surface area (Å²) in [6.45, 7) is 10.2. The van der Waals surface area contributed by atoms with Crippen molar-refractivity contribution >= 4 is 0 Å². The van der Waals surface area contributed by atoms with E-state index >= 15 is 0 Å². The molecule has 1 unspecified atom stereocenters. The predicted molar refractivity (Wildman–Crippen MR) is 94.3 cm³/mol. The zero-order valence-electron chi connectivity index (χ0n) is 14.6. The first-order valence-corrected chi connectivity index (χ1v) is 8.88. The lowest BCUT2D eigenvalue weighted by atomic mass is 9.99. The molecular weight excluding hydrogens is 284 g/mol. The maximum absolute atomic E-state index is 4.69. The number of likely N-dealkylation sites (tertiary alicyclic amines) is 1. The van der Waals surface area contributed by atoms with Gasteiger partial charge in [-0.3, -0.25) is 9.67 Å². The van der Waals surface area contributed by atoms with Crippen LogP contribution in [0.25, 0.3) is 11.4 Å². The van der Waals surface area contributed by atoms with Gasteiger partial charge in [-0.15, -0.1) is 0 Å². The Morgan fingerprint density at radius 3 is 2.78 bits per heavy atom. The van der Waals surface area contributed by atoms with Gasteiger partial charge in [-0.25, -0.2) is 0 Å². The summed E-state index contributed by atoms with van der Waals surface area (Å²) in [6, 6.07) is 7.10. The lowest BCUT2D eigenvalue weighted by molar-refractivity contribution is 0.265. The lowest BCUT2D eigenvalue weighted by Crippen LogP contribution is -2.28. The van der Waals surface area contributed by atoms with E-state index in [4.69, 9.17) is 0 Å². The van der Waals surface area contributed by atoms with Gasteiger partial charge in [0.25, 0.3) is 0 Å². The zero-order valence-corrected chi connectivity index (χ0v) is 14.6. The number of hydrogen-bond acceptors (Lipinski definition) is 3. The number of aromatic nitrogens is 3. The molecule has 1 aliphatic rings. The minimum absolute atomic E-state index is 0.666. The summed E-state index contributed by atoms with van der Waals surface area (Å²) >= 11 is 0. The van der Waals surface area contributed by atoms with Crippen LogP contribution in [0.2, 0.25) is 0 Å². The SMILES string of the molecule is CCCn1nccc1-c1ccc(CC2CCN(C(C)C)C2)cn1. The van der Waals surface area contributed by atoms with Crippen molar-refractivity contribution in [2.75, 3.05) is 13.1 Å². The van der Waals surface area contributed by atoms with Gasteiger partial charge in [0.2, 0.25) is 0 Å². The van der Waals surface area contributed by atoms with E-state index in [1.165, 1.54) is 25.1 Å². The summed E-state index contributed by atoms with van der Waals surface area (Å²) in [5.41, 5.74) is 3.49. The predicted octanol–water partition coefficient (Wildman–Crippen LogP) is 3.63. The van der Waals surface area contributed by atoms with Crippen LogP contribution in [0.5, 0.6) is 0 Å². The molecule has 0 aliphatic carbocycles. The molecule has 2 aromatic rings. The molecule has 0 bridgehead atoms. The standard InChI is InChI=1S/C19H28N4/c1-4-10-23-19(7-9-21-23)18-6-5-16(13-20-18)12-17-8-11-22(14-17)15(2)3/h5-7,9,13,15,17H,4,8,10-12,14H2,1-3H3. The van der Waals surface area contributed by atoms with Gasteiger partial charge in [-0.1, -0.05) is 13.0 Å². The van der Waals surface area contributed by atoms with Crippen molar-refractivity contribution in [1.29, 1.82) is 0 Å². The second-order valence-electron chi connectivity index (χ2n) is 6.94. The summed E-state index contributed by atoms with van der Waals surface area (Å²) in [6.07, 6.45) is 7.45. The first-order chi connectivity index (χ1) is 11.2. The van der Waals surface area contributed by atoms with Gasteiger partial charge in [0.1, 0.15) is 0 Å². The van der Waals surface area contributed by atoms with Crippen LogP contribution in [0.3, 0.4) is 0 Å². The molecule has 3 rings (SSSR count). The van der Waals surface area contributed by atoms with Crippen LogP contribution in [0.15, 0.2) is 30.6 Å². The highest BCUT2D eigenvalue weighted by molar-refractivity contribution is 5.54. The minimum Gasteiger partial charge on any atom is -0.301 e. The molecule has 2 aromatic heterocycles. The maximum Gasteiger partial charge on any atom is 0.0883 e. The third kappa shape index (κ3) is 3.81. The molecule has 1 saturated heterocycles. The molecule has 0 aromatic carbocycles. The van der Waals surface area contributed by atoms with Crippen LogP contribution in [0.4, 0.5) is 0 Å². The quantitative estimate of drug-likeness (QED) is 0.817. The van der Waals surface area contributed by atoms with E-state index in [0.717, 1.165) is 36.7 Å². The molecule has 23 heavy (non-hydrogen) atoms. The van der Waals surface area contributed by atoms with Gasteiger partial charge in [-0.05, 0) is 63.3 Å². The van der Waals surface area contributed by atoms with E-state index < -0.39 is 0 Å². The Hall–Kier alpha value is -1.68. The number of hydrogen-bond donors (Lipinski definition) is 0. The fourth-order valence-electron chi connectivity index (χ4n) is 3.47. The Morgan fingerprint density at radius 2 is 2.13 bits per heavy atom. The Bertz CT molecular complexity index is 615. The number of pyridine rings is 1. The molecule has 0 saturated carbocycles. The van der Waals surface area contributed by atoms with E-state index in [9.17, 15) is 0 Å². The van der Waals surface area contributed by atoms with Crippen LogP contribution < -0.4 is 0 Å². The maximum atomic E-state index is 4.69. The van der Waals surface area contributed by atoms with Crippen molar-refractivity contribution in [3.63, 3.8) is 0 Å². The molecular formula is C19H28N4. The van der Waals surface area contributed by atoms with Crippen LogP contribution in [0.1, 0.15) is 39.2 Å². The Balaban J connectivity index is 1.65. The summed E-state index contributed by atoms with van der Waals surface area (Å²) in [5, 5.41) is 4.38. The van der Waals surface area contributed by atoms with E-state index in [1.54, 1.807) is 0 Å². The van der Waals surface area contributed by atoms with Crippen molar-refractivity contribution in [3.05, 3.63) is 36.2 Å². The molecule has 0 spiro atoms. The molecule has 1 aliphatic heterocycles. The Kier molecular flexibility index (Phi) is 5.11. The fraction of sp³-hybridized carbons (Fsp3) is 0.579. The van der Waals surface area contributed by atoms with Gasteiger partial charge in [0.15, 0.2) is 0 Å². The normalized spacial score (nSPS) is 18.9. The summed E-state index contributed by atoms with van der Waals surface area (Å²) in [4.78, 5) is 7.26. The van der Waals surface area contributed by atoms with Crippen molar-refractivity contribution < 1.29 is 0 Å². The van der Waals surface area contributed by atoms with Crippen LogP contribution >= 0.6 is 0 Å². The third-order valence-electron chi connectivity index (χ3n) is 4.81. The fourth-order valence-corrected chi connectivity index (χ4v) is 3.47. The molecule has 0 radical (unpaired) electrons. The average Bonchev–Trinajstić information content (AvgIpc) is 3.18. The van der Waals surface area contributed by atoms with E-state index in [0.29, 0.717) is 6.04 Å². The number of nitrogens with zero attached hydrogens (tertiary/aromatic N) is 4. The van der Waals surface area contributed by atoms with E-state index in [2.05, 4.69) is 60.1 Å². The van der Waals surface area contributed by atoms with Gasteiger partial charge in [0.05, 0.1) is 11.4 Å². The topological polar surface area (TPSA) is 34.0 Å². The lowest BCUT2D eigenvalue weighted by Gasteiger charge is -2.20. The minimum atomic E-state index is 0.666. The summed E-state index contributed by atoms with van der Waals surface area (Å²) in [7, 11) is 0. The van der Waals surface area contributed by atoms with Crippen molar-refractivity contribution in [3.8, 4) is 11.4 Å². The number of aryl methyl sites for hydroxylation is 1. The van der Waals surface area contributed by atoms with Crippen molar-refractivity contribution in [1.82, 2.24) is 19.7 Å². The first kappa shape index (κ1) is 16.2. The van der Waals surface area contributed by atoms with Crippen molar-refractivity contribution in [2.24, 2.45) is 5.92 Å². The Morgan fingerprint density at radius 1 is 1.26 bits per heavy atom. The smallest absolute Gasteiger partial charge is 0.0883 e. The molecule has 4 heteroatoms. The molecule has 0 amide bonds. The monoisotopic (exact) mass is 312 g/mol. The van der Waals surface area contributed by atoms with Crippen LogP contribution in [0, 0.1) is 5.92 Å². The molecule has 0 N–H and O–H groups in total. The molecule has 1 fully saturated rings. The van der Waals surface area contributed by atoms with E-state index in [1.807, 2.05) is 10.9 Å². The van der Waals surface area contributed by atoms with Gasteiger partial charge < -0.3 is 4.90 Å². The van der Waals surface area contributed by atoms with E-state index in [-0.39, 0.29) is 0 Å². The first-order valence-electron chi connectivity index (χ1n) is 8.88.